The first-order chi connectivity index (χ1) is 9.86. The number of nitro benzene ring substituents is 1. The number of nitro groups is 1. The van der Waals surface area contributed by atoms with Crippen LogP contribution >= 0.6 is 0 Å². The van der Waals surface area contributed by atoms with Crippen molar-refractivity contribution in [3.8, 4) is 0 Å². The molecule has 0 aliphatic carbocycles. The minimum Gasteiger partial charge on any atom is -0.377 e. The van der Waals surface area contributed by atoms with Gasteiger partial charge >= 0.3 is 0 Å². The molecule has 2 rings (SSSR count). The van der Waals surface area contributed by atoms with E-state index in [0.717, 1.165) is 25.1 Å². The van der Waals surface area contributed by atoms with E-state index in [1.807, 2.05) is 6.92 Å². The van der Waals surface area contributed by atoms with Crippen molar-refractivity contribution in [2.45, 2.75) is 32.3 Å². The Morgan fingerprint density at radius 2 is 2.19 bits per heavy atom. The molecule has 1 aromatic rings. The van der Waals surface area contributed by atoms with Gasteiger partial charge < -0.3 is 9.64 Å². The number of ketones is 1. The van der Waals surface area contributed by atoms with Gasteiger partial charge in [0.05, 0.1) is 16.1 Å². The maximum atomic E-state index is 11.5. The van der Waals surface area contributed by atoms with Gasteiger partial charge in [-0.05, 0) is 38.8 Å². The Balaban J connectivity index is 2.34. The Bertz CT molecular complexity index is 573. The summed E-state index contributed by atoms with van der Waals surface area (Å²) in [5.74, 6) is -0.298. The summed E-state index contributed by atoms with van der Waals surface area (Å²) < 4.78 is 5.54. The highest BCUT2D eigenvalue weighted by Gasteiger charge is 2.31. The van der Waals surface area contributed by atoms with Crippen LogP contribution in [0.1, 0.15) is 37.0 Å². The number of rotatable bonds is 4. The van der Waals surface area contributed by atoms with Crippen molar-refractivity contribution in [2.24, 2.45) is 0 Å². The van der Waals surface area contributed by atoms with E-state index in [0.29, 0.717) is 6.54 Å². The summed E-state index contributed by atoms with van der Waals surface area (Å²) >= 11 is 0. The van der Waals surface area contributed by atoms with E-state index in [1.54, 1.807) is 13.2 Å². The molecular formula is C15H20N2O4. The number of Topliss-reactive ketones (excluding diaryl/α,β-unsaturated/α-hetero) is 1. The summed E-state index contributed by atoms with van der Waals surface area (Å²) in [6.45, 7) is 4.89. The topological polar surface area (TPSA) is 72.7 Å². The lowest BCUT2D eigenvalue weighted by molar-refractivity contribution is -0.385. The molecule has 0 N–H and O–H groups in total. The molecule has 1 fully saturated rings. The SMILES string of the molecule is COC1(C)CCCN(c2ccc(C(C)=O)c([N+](=O)[O-])c2)C1. The molecule has 6 heteroatoms. The number of ether oxygens (including phenoxy) is 1. The molecule has 114 valence electrons. The second-order valence-electron chi connectivity index (χ2n) is 5.69. The maximum absolute atomic E-state index is 11.5. The molecule has 0 radical (unpaired) electrons. The third-order valence-corrected chi connectivity index (χ3v) is 4.07. The van der Waals surface area contributed by atoms with Gasteiger partial charge in [-0.2, -0.15) is 0 Å². The third kappa shape index (κ3) is 3.21. The average Bonchev–Trinajstić information content (AvgIpc) is 2.46. The number of nitrogens with zero attached hydrogens (tertiary/aromatic N) is 2. The average molecular weight is 292 g/mol. The number of hydrogen-bond acceptors (Lipinski definition) is 5. The van der Waals surface area contributed by atoms with Crippen molar-refractivity contribution >= 4 is 17.2 Å². The van der Waals surface area contributed by atoms with Crippen LogP contribution in [0.4, 0.5) is 11.4 Å². The number of carbonyl (C=O) groups excluding carboxylic acids is 1. The fraction of sp³-hybridized carbons (Fsp3) is 0.533. The van der Waals surface area contributed by atoms with Crippen molar-refractivity contribution in [1.29, 1.82) is 0 Å². The molecule has 0 spiro atoms. The molecule has 1 unspecified atom stereocenters. The minimum atomic E-state index is -0.500. The normalized spacial score (nSPS) is 22.1. The minimum absolute atomic E-state index is 0.135. The van der Waals surface area contributed by atoms with Crippen LogP contribution < -0.4 is 4.90 Å². The molecule has 1 saturated heterocycles. The van der Waals surface area contributed by atoms with Crippen LogP contribution in [0.3, 0.4) is 0 Å². The molecule has 1 aromatic carbocycles. The molecule has 0 bridgehead atoms. The highest BCUT2D eigenvalue weighted by Crippen LogP contribution is 2.31. The lowest BCUT2D eigenvalue weighted by atomic mass is 9.94. The van der Waals surface area contributed by atoms with Gasteiger partial charge in [0.25, 0.3) is 5.69 Å². The summed E-state index contributed by atoms with van der Waals surface area (Å²) in [5, 5.41) is 11.2. The van der Waals surface area contributed by atoms with Crippen molar-refractivity contribution in [1.82, 2.24) is 0 Å². The van der Waals surface area contributed by atoms with Crippen LogP contribution in [0.15, 0.2) is 18.2 Å². The summed E-state index contributed by atoms with van der Waals surface area (Å²) in [4.78, 5) is 24.2. The fourth-order valence-electron chi connectivity index (χ4n) is 2.76. The van der Waals surface area contributed by atoms with Gasteiger partial charge in [-0.15, -0.1) is 0 Å². The van der Waals surface area contributed by atoms with Crippen LogP contribution in [-0.4, -0.2) is 36.5 Å². The van der Waals surface area contributed by atoms with E-state index in [-0.39, 0.29) is 22.6 Å². The number of hydrogen-bond donors (Lipinski definition) is 0. The molecule has 0 aromatic heterocycles. The second kappa shape index (κ2) is 5.81. The molecular weight excluding hydrogens is 272 g/mol. The molecule has 1 atom stereocenters. The standard InChI is InChI=1S/C15H20N2O4/c1-11(18)13-6-5-12(9-14(13)17(19)20)16-8-4-7-15(2,10-16)21-3/h5-6,9H,4,7-8,10H2,1-3H3. The van der Waals surface area contributed by atoms with Gasteiger partial charge in [0, 0.05) is 32.0 Å². The summed E-state index contributed by atoms with van der Waals surface area (Å²) in [5.41, 5.74) is 0.529. The van der Waals surface area contributed by atoms with E-state index >= 15 is 0 Å². The highest BCUT2D eigenvalue weighted by atomic mass is 16.6. The lowest BCUT2D eigenvalue weighted by Crippen LogP contribution is -2.47. The second-order valence-corrected chi connectivity index (χ2v) is 5.69. The monoisotopic (exact) mass is 292 g/mol. The van der Waals surface area contributed by atoms with Gasteiger partial charge in [0.15, 0.2) is 5.78 Å². The predicted molar refractivity (Wildman–Crippen MR) is 80.0 cm³/mol. The molecule has 1 aliphatic rings. The van der Waals surface area contributed by atoms with Gasteiger partial charge in [-0.3, -0.25) is 14.9 Å². The van der Waals surface area contributed by atoms with Crippen molar-refractivity contribution in [3.05, 3.63) is 33.9 Å². The quantitative estimate of drug-likeness (QED) is 0.484. The van der Waals surface area contributed by atoms with Crippen LogP contribution in [0.25, 0.3) is 0 Å². The summed E-state index contributed by atoms with van der Waals surface area (Å²) in [6, 6.07) is 4.79. The number of anilines is 1. The Labute approximate surface area is 123 Å². The number of methoxy groups -OCH3 is 1. The van der Waals surface area contributed by atoms with Crippen LogP contribution in [0.2, 0.25) is 0 Å². The number of benzene rings is 1. The smallest absolute Gasteiger partial charge is 0.282 e. The van der Waals surface area contributed by atoms with Crippen molar-refractivity contribution in [2.75, 3.05) is 25.1 Å². The zero-order valence-electron chi connectivity index (χ0n) is 12.6. The summed E-state index contributed by atoms with van der Waals surface area (Å²) in [7, 11) is 1.69. The molecule has 0 amide bonds. The highest BCUT2D eigenvalue weighted by molar-refractivity contribution is 5.98. The van der Waals surface area contributed by atoms with Crippen LogP contribution in [0.5, 0.6) is 0 Å². The van der Waals surface area contributed by atoms with E-state index in [9.17, 15) is 14.9 Å². The van der Waals surface area contributed by atoms with Crippen LogP contribution in [0, 0.1) is 10.1 Å². The molecule has 21 heavy (non-hydrogen) atoms. The molecule has 6 nitrogen and oxygen atoms in total. The van der Waals surface area contributed by atoms with Gasteiger partial charge in [-0.25, -0.2) is 0 Å². The van der Waals surface area contributed by atoms with Crippen molar-refractivity contribution < 1.29 is 14.5 Å². The van der Waals surface area contributed by atoms with Gasteiger partial charge in [0.2, 0.25) is 0 Å². The van der Waals surface area contributed by atoms with E-state index in [2.05, 4.69) is 4.90 Å². The Morgan fingerprint density at radius 1 is 1.48 bits per heavy atom. The third-order valence-electron chi connectivity index (χ3n) is 4.07. The lowest BCUT2D eigenvalue weighted by Gasteiger charge is -2.40. The predicted octanol–water partition coefficient (Wildman–Crippen LogP) is 2.80. The Kier molecular flexibility index (Phi) is 4.27. The molecule has 1 heterocycles. The summed E-state index contributed by atoms with van der Waals surface area (Å²) in [6.07, 6.45) is 1.93. The Morgan fingerprint density at radius 3 is 2.76 bits per heavy atom. The zero-order valence-corrected chi connectivity index (χ0v) is 12.6. The first-order valence-corrected chi connectivity index (χ1v) is 6.96. The first kappa shape index (κ1) is 15.4. The van der Waals surface area contributed by atoms with E-state index < -0.39 is 4.92 Å². The van der Waals surface area contributed by atoms with E-state index in [4.69, 9.17) is 4.74 Å². The van der Waals surface area contributed by atoms with Gasteiger partial charge in [-0.1, -0.05) is 0 Å². The largest absolute Gasteiger partial charge is 0.377 e. The molecule has 1 aliphatic heterocycles. The van der Waals surface area contributed by atoms with Crippen molar-refractivity contribution in [3.63, 3.8) is 0 Å². The number of carbonyl (C=O) groups is 1. The van der Waals surface area contributed by atoms with Crippen LogP contribution in [-0.2, 0) is 4.74 Å². The fourth-order valence-corrected chi connectivity index (χ4v) is 2.76. The Hall–Kier alpha value is -1.95. The first-order valence-electron chi connectivity index (χ1n) is 6.96. The zero-order chi connectivity index (χ0) is 15.6. The molecule has 0 saturated carbocycles. The number of piperidine rings is 1. The van der Waals surface area contributed by atoms with E-state index in [1.165, 1.54) is 19.1 Å². The van der Waals surface area contributed by atoms with Gasteiger partial charge in [0.1, 0.15) is 0 Å². The maximum Gasteiger partial charge on any atom is 0.282 e.